The highest BCUT2D eigenvalue weighted by Gasteiger charge is 2.07. The molecule has 2 amide bonds. The van der Waals surface area contributed by atoms with E-state index in [9.17, 15) is 4.79 Å². The smallest absolute Gasteiger partial charge is 0.323 e. The Morgan fingerprint density at radius 3 is 2.57 bits per heavy atom. The summed E-state index contributed by atoms with van der Waals surface area (Å²) in [4.78, 5) is 16.9. The molecule has 140 valence electrons. The standard InChI is InChI=1S/C22H20N4O2/c1-15-10-11-26-14-20(25-21(26)12-15)16-6-8-17(9-7-16)23-22(27)24-18-4-3-5-19(13-18)28-2/h3-14H,1-2H3,(H2,23,24,27). The first-order valence-corrected chi connectivity index (χ1v) is 8.88. The first kappa shape index (κ1) is 17.6. The molecule has 0 atom stereocenters. The maximum atomic E-state index is 12.2. The number of amides is 2. The van der Waals surface area contributed by atoms with E-state index in [0.29, 0.717) is 17.1 Å². The molecule has 2 aromatic carbocycles. The molecular formula is C22H20N4O2. The molecule has 0 fully saturated rings. The fourth-order valence-electron chi connectivity index (χ4n) is 2.94. The number of aromatic nitrogens is 2. The van der Waals surface area contributed by atoms with Crippen LogP contribution in [0, 0.1) is 6.92 Å². The summed E-state index contributed by atoms with van der Waals surface area (Å²) in [7, 11) is 1.59. The molecule has 0 saturated carbocycles. The molecule has 2 aromatic heterocycles. The molecule has 0 aliphatic heterocycles. The van der Waals surface area contributed by atoms with Gasteiger partial charge in [0, 0.05) is 35.4 Å². The van der Waals surface area contributed by atoms with Crippen LogP contribution in [0.1, 0.15) is 5.56 Å². The second-order valence-electron chi connectivity index (χ2n) is 6.48. The largest absolute Gasteiger partial charge is 0.497 e. The predicted molar refractivity (Wildman–Crippen MR) is 111 cm³/mol. The van der Waals surface area contributed by atoms with Gasteiger partial charge in [-0.25, -0.2) is 9.78 Å². The molecule has 0 saturated heterocycles. The minimum absolute atomic E-state index is 0.316. The number of methoxy groups -OCH3 is 1. The Morgan fingerprint density at radius 1 is 1.00 bits per heavy atom. The van der Waals surface area contributed by atoms with Crippen molar-refractivity contribution in [3.8, 4) is 17.0 Å². The van der Waals surface area contributed by atoms with Crippen LogP contribution in [0.25, 0.3) is 16.9 Å². The molecule has 28 heavy (non-hydrogen) atoms. The topological polar surface area (TPSA) is 67.7 Å². The summed E-state index contributed by atoms with van der Waals surface area (Å²) in [5.74, 6) is 0.685. The number of nitrogens with zero attached hydrogens (tertiary/aromatic N) is 2. The van der Waals surface area contributed by atoms with Crippen LogP contribution in [-0.2, 0) is 0 Å². The van der Waals surface area contributed by atoms with Crippen molar-refractivity contribution in [2.75, 3.05) is 17.7 Å². The van der Waals surface area contributed by atoms with E-state index < -0.39 is 0 Å². The first-order chi connectivity index (χ1) is 13.6. The van der Waals surface area contributed by atoms with Gasteiger partial charge < -0.3 is 19.8 Å². The van der Waals surface area contributed by atoms with E-state index in [1.807, 2.05) is 72.2 Å². The lowest BCUT2D eigenvalue weighted by Crippen LogP contribution is -2.19. The summed E-state index contributed by atoms with van der Waals surface area (Å²) in [6.45, 7) is 2.05. The van der Waals surface area contributed by atoms with Crippen molar-refractivity contribution in [3.05, 3.63) is 78.6 Å². The van der Waals surface area contributed by atoms with Gasteiger partial charge in [0.2, 0.25) is 0 Å². The highest BCUT2D eigenvalue weighted by molar-refractivity contribution is 5.99. The molecule has 0 aliphatic rings. The molecular weight excluding hydrogens is 352 g/mol. The van der Waals surface area contributed by atoms with Crippen molar-refractivity contribution in [3.63, 3.8) is 0 Å². The minimum Gasteiger partial charge on any atom is -0.497 e. The number of benzene rings is 2. The predicted octanol–water partition coefficient (Wildman–Crippen LogP) is 4.96. The van der Waals surface area contributed by atoms with Gasteiger partial charge in [-0.15, -0.1) is 0 Å². The average Bonchev–Trinajstić information content (AvgIpc) is 3.11. The number of hydrogen-bond donors (Lipinski definition) is 2. The zero-order valence-electron chi connectivity index (χ0n) is 15.6. The van der Waals surface area contributed by atoms with E-state index >= 15 is 0 Å². The Kier molecular flexibility index (Phi) is 4.68. The third-order valence-corrected chi connectivity index (χ3v) is 4.38. The molecule has 6 heteroatoms. The van der Waals surface area contributed by atoms with Crippen LogP contribution in [0.2, 0.25) is 0 Å². The van der Waals surface area contributed by atoms with Crippen LogP contribution in [0.15, 0.2) is 73.1 Å². The van der Waals surface area contributed by atoms with Gasteiger partial charge in [0.1, 0.15) is 11.4 Å². The third-order valence-electron chi connectivity index (χ3n) is 4.38. The van der Waals surface area contributed by atoms with E-state index in [0.717, 1.165) is 16.9 Å². The van der Waals surface area contributed by atoms with Crippen molar-refractivity contribution in [2.45, 2.75) is 6.92 Å². The lowest BCUT2D eigenvalue weighted by Gasteiger charge is -2.09. The maximum absolute atomic E-state index is 12.2. The van der Waals surface area contributed by atoms with Crippen LogP contribution in [0.5, 0.6) is 5.75 Å². The molecule has 0 spiro atoms. The van der Waals surface area contributed by atoms with Gasteiger partial charge in [0.05, 0.1) is 12.8 Å². The number of aryl methyl sites for hydroxylation is 1. The number of imidazole rings is 1. The number of rotatable bonds is 4. The molecule has 0 bridgehead atoms. The molecule has 4 aromatic rings. The zero-order valence-corrected chi connectivity index (χ0v) is 15.6. The van der Waals surface area contributed by atoms with Gasteiger partial charge in [0.25, 0.3) is 0 Å². The number of urea groups is 1. The molecule has 0 aliphatic carbocycles. The summed E-state index contributed by atoms with van der Waals surface area (Å²) in [5, 5.41) is 5.61. The molecule has 0 radical (unpaired) electrons. The van der Waals surface area contributed by atoms with Crippen molar-refractivity contribution in [1.29, 1.82) is 0 Å². The second-order valence-corrected chi connectivity index (χ2v) is 6.48. The van der Waals surface area contributed by atoms with E-state index in [2.05, 4.69) is 15.6 Å². The Balaban J connectivity index is 1.45. The summed E-state index contributed by atoms with van der Waals surface area (Å²) in [6.07, 6.45) is 3.99. The highest BCUT2D eigenvalue weighted by atomic mass is 16.5. The zero-order chi connectivity index (χ0) is 19.5. The van der Waals surface area contributed by atoms with Crippen LogP contribution < -0.4 is 15.4 Å². The Morgan fingerprint density at radius 2 is 1.79 bits per heavy atom. The second kappa shape index (κ2) is 7.44. The van der Waals surface area contributed by atoms with Crippen molar-refractivity contribution in [2.24, 2.45) is 0 Å². The fourth-order valence-corrected chi connectivity index (χ4v) is 2.94. The van der Waals surface area contributed by atoms with Gasteiger partial charge in [-0.3, -0.25) is 0 Å². The molecule has 6 nitrogen and oxygen atoms in total. The number of anilines is 2. The van der Waals surface area contributed by atoms with Crippen LogP contribution in [0.4, 0.5) is 16.2 Å². The Labute approximate surface area is 162 Å². The molecule has 2 heterocycles. The lowest BCUT2D eigenvalue weighted by atomic mass is 10.1. The Bertz CT molecular complexity index is 1130. The Hall–Kier alpha value is -3.80. The van der Waals surface area contributed by atoms with E-state index in [-0.39, 0.29) is 6.03 Å². The van der Waals surface area contributed by atoms with Gasteiger partial charge in [-0.2, -0.15) is 0 Å². The van der Waals surface area contributed by atoms with Gasteiger partial charge in [-0.1, -0.05) is 18.2 Å². The number of pyridine rings is 1. The van der Waals surface area contributed by atoms with E-state index in [1.54, 1.807) is 19.2 Å². The number of carbonyl (C=O) groups is 1. The quantitative estimate of drug-likeness (QED) is 0.532. The lowest BCUT2D eigenvalue weighted by molar-refractivity contribution is 0.262. The van der Waals surface area contributed by atoms with Gasteiger partial charge >= 0.3 is 6.03 Å². The van der Waals surface area contributed by atoms with Gasteiger partial charge in [0.15, 0.2) is 0 Å². The molecule has 0 unspecified atom stereocenters. The van der Waals surface area contributed by atoms with Crippen molar-refractivity contribution < 1.29 is 9.53 Å². The number of ether oxygens (including phenoxy) is 1. The fraction of sp³-hybridized carbons (Fsp3) is 0.0909. The van der Waals surface area contributed by atoms with Crippen LogP contribution in [-0.4, -0.2) is 22.5 Å². The maximum Gasteiger partial charge on any atom is 0.323 e. The summed E-state index contributed by atoms with van der Waals surface area (Å²) in [6, 6.07) is 18.6. The monoisotopic (exact) mass is 372 g/mol. The normalized spacial score (nSPS) is 10.6. The molecule has 2 N–H and O–H groups in total. The van der Waals surface area contributed by atoms with Crippen LogP contribution in [0.3, 0.4) is 0 Å². The third kappa shape index (κ3) is 3.81. The number of nitrogens with one attached hydrogen (secondary N) is 2. The number of carbonyl (C=O) groups excluding carboxylic acids is 1. The minimum atomic E-state index is -0.316. The van der Waals surface area contributed by atoms with E-state index in [1.165, 1.54) is 5.56 Å². The van der Waals surface area contributed by atoms with Gasteiger partial charge in [-0.05, 0) is 48.9 Å². The first-order valence-electron chi connectivity index (χ1n) is 8.88. The highest BCUT2D eigenvalue weighted by Crippen LogP contribution is 2.22. The summed E-state index contributed by atoms with van der Waals surface area (Å²) in [5.41, 5.74) is 5.32. The van der Waals surface area contributed by atoms with Crippen molar-refractivity contribution in [1.82, 2.24) is 9.38 Å². The summed E-state index contributed by atoms with van der Waals surface area (Å²) >= 11 is 0. The number of fused-ring (bicyclic) bond motifs is 1. The van der Waals surface area contributed by atoms with Crippen LogP contribution >= 0.6 is 0 Å². The number of hydrogen-bond acceptors (Lipinski definition) is 3. The molecule has 4 rings (SSSR count). The summed E-state index contributed by atoms with van der Waals surface area (Å²) < 4.78 is 7.15. The average molecular weight is 372 g/mol. The SMILES string of the molecule is COc1cccc(NC(=O)Nc2ccc(-c3cn4ccc(C)cc4n3)cc2)c1. The van der Waals surface area contributed by atoms with Crippen molar-refractivity contribution >= 4 is 23.1 Å². The van der Waals surface area contributed by atoms with E-state index in [4.69, 9.17) is 4.74 Å².